The lowest BCUT2D eigenvalue weighted by atomic mass is 10.2. The van der Waals surface area contributed by atoms with Crippen molar-refractivity contribution in [3.05, 3.63) is 41.0 Å². The van der Waals surface area contributed by atoms with Crippen molar-refractivity contribution in [1.82, 2.24) is 5.16 Å². The van der Waals surface area contributed by atoms with E-state index in [1.165, 1.54) is 0 Å². The molecule has 2 rings (SSSR count). The van der Waals surface area contributed by atoms with Crippen molar-refractivity contribution >= 4 is 24.2 Å². The van der Waals surface area contributed by atoms with Gasteiger partial charge in [-0.2, -0.15) is 12.6 Å². The number of benzene rings is 1. The Morgan fingerprint density at radius 2 is 2.14 bits per heavy atom. The normalized spacial score (nSPS) is 10.4. The summed E-state index contributed by atoms with van der Waals surface area (Å²) in [5.74, 6) is 1.24. The Morgan fingerprint density at radius 3 is 2.79 bits per heavy atom. The molecule has 0 saturated carbocycles. The molecule has 2 aromatic rings. The molecule has 1 heterocycles. The zero-order chi connectivity index (χ0) is 9.97. The highest BCUT2D eigenvalue weighted by molar-refractivity contribution is 7.79. The molecule has 2 nitrogen and oxygen atoms in total. The zero-order valence-corrected chi connectivity index (χ0v) is 8.92. The third kappa shape index (κ3) is 1.79. The van der Waals surface area contributed by atoms with Crippen molar-refractivity contribution in [3.8, 4) is 11.3 Å². The zero-order valence-electron chi connectivity index (χ0n) is 7.27. The second-order valence-corrected chi connectivity index (χ2v) is 3.54. The fraction of sp³-hybridized carbons (Fsp3) is 0.100. The molecule has 1 aromatic heterocycles. The van der Waals surface area contributed by atoms with Crippen molar-refractivity contribution in [1.29, 1.82) is 0 Å². The van der Waals surface area contributed by atoms with E-state index in [0.29, 0.717) is 16.5 Å². The molecule has 0 aliphatic heterocycles. The lowest BCUT2D eigenvalue weighted by molar-refractivity contribution is 0.426. The summed E-state index contributed by atoms with van der Waals surface area (Å²) in [5, 5.41) is 4.50. The maximum Gasteiger partial charge on any atom is 0.168 e. The Balaban J connectivity index is 2.44. The van der Waals surface area contributed by atoms with E-state index in [4.69, 9.17) is 16.1 Å². The van der Waals surface area contributed by atoms with E-state index in [1.54, 1.807) is 0 Å². The number of aromatic nitrogens is 1. The van der Waals surface area contributed by atoms with Gasteiger partial charge in [-0.05, 0) is 12.1 Å². The third-order valence-corrected chi connectivity index (χ3v) is 2.51. The summed E-state index contributed by atoms with van der Waals surface area (Å²) in [7, 11) is 0. The average Bonchev–Trinajstić information content (AvgIpc) is 2.67. The maximum absolute atomic E-state index is 6.00. The quantitative estimate of drug-likeness (QED) is 0.793. The first kappa shape index (κ1) is 9.62. The predicted molar refractivity (Wildman–Crippen MR) is 59.6 cm³/mol. The van der Waals surface area contributed by atoms with Crippen LogP contribution in [0.1, 0.15) is 5.69 Å². The number of thiol groups is 1. The Bertz CT molecular complexity index is 441. The van der Waals surface area contributed by atoms with Crippen LogP contribution < -0.4 is 0 Å². The summed E-state index contributed by atoms with van der Waals surface area (Å²) < 4.78 is 5.14. The van der Waals surface area contributed by atoms with Gasteiger partial charge >= 0.3 is 0 Å². The van der Waals surface area contributed by atoms with Gasteiger partial charge in [0, 0.05) is 17.4 Å². The molecule has 0 unspecified atom stereocenters. The van der Waals surface area contributed by atoms with E-state index in [0.717, 1.165) is 11.3 Å². The highest BCUT2D eigenvalue weighted by Gasteiger charge is 2.08. The lowest BCUT2D eigenvalue weighted by Gasteiger charge is -1.96. The van der Waals surface area contributed by atoms with Crippen LogP contribution >= 0.6 is 24.2 Å². The largest absolute Gasteiger partial charge is 0.356 e. The second kappa shape index (κ2) is 4.07. The van der Waals surface area contributed by atoms with Gasteiger partial charge < -0.3 is 4.52 Å². The minimum absolute atomic E-state index is 0.563. The van der Waals surface area contributed by atoms with Gasteiger partial charge in [-0.3, -0.25) is 0 Å². The molecule has 72 valence electrons. The molecule has 0 aliphatic carbocycles. The number of hydrogen-bond donors (Lipinski definition) is 1. The first-order chi connectivity index (χ1) is 6.81. The maximum atomic E-state index is 6.00. The highest BCUT2D eigenvalue weighted by atomic mass is 35.5. The molecule has 0 spiro atoms. The monoisotopic (exact) mass is 225 g/mol. The van der Waals surface area contributed by atoms with Crippen LogP contribution in [-0.4, -0.2) is 5.16 Å². The van der Waals surface area contributed by atoms with Crippen LogP contribution in [0.5, 0.6) is 0 Å². The summed E-state index contributed by atoms with van der Waals surface area (Å²) in [6.07, 6.45) is 0. The van der Waals surface area contributed by atoms with E-state index in [1.807, 2.05) is 30.3 Å². The van der Waals surface area contributed by atoms with Gasteiger partial charge in [0.25, 0.3) is 0 Å². The van der Waals surface area contributed by atoms with Gasteiger partial charge in [-0.1, -0.05) is 28.9 Å². The standard InChI is InChI=1S/C10H8ClNOS/c11-9-4-2-1-3-8(9)10-5-7(6-14)12-13-10/h1-5,14H,6H2. The van der Waals surface area contributed by atoms with Crippen molar-refractivity contribution in [2.45, 2.75) is 5.75 Å². The predicted octanol–water partition coefficient (Wildman–Crippen LogP) is 3.42. The van der Waals surface area contributed by atoms with Crippen molar-refractivity contribution in [2.75, 3.05) is 0 Å². The molecule has 0 N–H and O–H groups in total. The fourth-order valence-electron chi connectivity index (χ4n) is 1.17. The van der Waals surface area contributed by atoms with Crippen LogP contribution in [0.25, 0.3) is 11.3 Å². The van der Waals surface area contributed by atoms with Gasteiger partial charge in [-0.15, -0.1) is 0 Å². The molecular formula is C10H8ClNOS. The second-order valence-electron chi connectivity index (χ2n) is 2.82. The summed E-state index contributed by atoms with van der Waals surface area (Å²) in [6.45, 7) is 0. The Hall–Kier alpha value is -0.930. The van der Waals surface area contributed by atoms with Gasteiger partial charge in [0.15, 0.2) is 5.76 Å². The van der Waals surface area contributed by atoms with E-state index in [9.17, 15) is 0 Å². The van der Waals surface area contributed by atoms with Crippen LogP contribution in [0, 0.1) is 0 Å². The molecule has 1 aromatic carbocycles. The summed E-state index contributed by atoms with van der Waals surface area (Å²) in [5.41, 5.74) is 1.66. The molecule has 0 fully saturated rings. The Kier molecular flexibility index (Phi) is 2.79. The van der Waals surface area contributed by atoms with E-state index in [-0.39, 0.29) is 0 Å². The SMILES string of the molecule is SCc1cc(-c2ccccc2Cl)on1. The summed E-state index contributed by atoms with van der Waals surface area (Å²) in [4.78, 5) is 0. The Labute approximate surface area is 92.3 Å². The van der Waals surface area contributed by atoms with Crippen molar-refractivity contribution < 1.29 is 4.52 Å². The topological polar surface area (TPSA) is 26.0 Å². The lowest BCUT2D eigenvalue weighted by Crippen LogP contribution is -1.74. The number of halogens is 1. The molecule has 4 heteroatoms. The molecular weight excluding hydrogens is 218 g/mol. The highest BCUT2D eigenvalue weighted by Crippen LogP contribution is 2.27. The number of rotatable bonds is 2. The minimum Gasteiger partial charge on any atom is -0.356 e. The summed E-state index contributed by atoms with van der Waals surface area (Å²) >= 11 is 10.1. The molecule has 0 bridgehead atoms. The van der Waals surface area contributed by atoms with E-state index >= 15 is 0 Å². The molecule has 0 saturated heterocycles. The van der Waals surface area contributed by atoms with Crippen LogP contribution in [-0.2, 0) is 5.75 Å². The van der Waals surface area contributed by atoms with E-state index < -0.39 is 0 Å². The molecule has 0 aliphatic rings. The van der Waals surface area contributed by atoms with Gasteiger partial charge in [0.05, 0.1) is 10.7 Å². The molecule has 0 amide bonds. The molecule has 14 heavy (non-hydrogen) atoms. The Morgan fingerprint density at radius 1 is 1.36 bits per heavy atom. The van der Waals surface area contributed by atoms with Crippen molar-refractivity contribution in [2.24, 2.45) is 0 Å². The van der Waals surface area contributed by atoms with Gasteiger partial charge in [0.2, 0.25) is 0 Å². The van der Waals surface area contributed by atoms with Gasteiger partial charge in [-0.25, -0.2) is 0 Å². The minimum atomic E-state index is 0.563. The number of hydrogen-bond acceptors (Lipinski definition) is 3. The molecule has 0 radical (unpaired) electrons. The summed E-state index contributed by atoms with van der Waals surface area (Å²) in [6, 6.07) is 9.34. The van der Waals surface area contributed by atoms with Crippen LogP contribution in [0.2, 0.25) is 5.02 Å². The first-order valence-corrected chi connectivity index (χ1v) is 5.13. The smallest absolute Gasteiger partial charge is 0.168 e. The van der Waals surface area contributed by atoms with Gasteiger partial charge in [0.1, 0.15) is 0 Å². The first-order valence-electron chi connectivity index (χ1n) is 4.12. The van der Waals surface area contributed by atoms with Crippen LogP contribution in [0.15, 0.2) is 34.9 Å². The van der Waals surface area contributed by atoms with Crippen LogP contribution in [0.4, 0.5) is 0 Å². The average molecular weight is 226 g/mol. The van der Waals surface area contributed by atoms with Crippen molar-refractivity contribution in [3.63, 3.8) is 0 Å². The van der Waals surface area contributed by atoms with E-state index in [2.05, 4.69) is 17.8 Å². The third-order valence-electron chi connectivity index (χ3n) is 1.86. The number of nitrogens with zero attached hydrogens (tertiary/aromatic N) is 1. The van der Waals surface area contributed by atoms with Crippen LogP contribution in [0.3, 0.4) is 0 Å². The molecule has 0 atom stereocenters. The fourth-order valence-corrected chi connectivity index (χ4v) is 1.55.